The molecule has 0 N–H and O–H groups in total. The number of nitro groups is 1. The van der Waals surface area contributed by atoms with E-state index in [1.165, 1.54) is 18.2 Å². The summed E-state index contributed by atoms with van der Waals surface area (Å²) in [6.45, 7) is -0.981. The third-order valence-electron chi connectivity index (χ3n) is 2.02. The van der Waals surface area contributed by atoms with Gasteiger partial charge in [-0.1, -0.05) is 12.1 Å². The zero-order valence-corrected chi connectivity index (χ0v) is 8.85. The van der Waals surface area contributed by atoms with Crippen LogP contribution in [0, 0.1) is 27.4 Å². The predicted octanol–water partition coefficient (Wildman–Crippen LogP) is 2.68. The average molecular weight is 260 g/mol. The van der Waals surface area contributed by atoms with Gasteiger partial charge in [0.05, 0.1) is 11.0 Å². The molecular formula is C10H7F3N2O3. The first-order valence-corrected chi connectivity index (χ1v) is 4.69. The monoisotopic (exact) mass is 260 g/mol. The Morgan fingerprint density at radius 1 is 1.44 bits per heavy atom. The van der Waals surface area contributed by atoms with Crippen LogP contribution in [0.3, 0.4) is 0 Å². The number of ether oxygens (including phenoxy) is 1. The Morgan fingerprint density at radius 2 is 2.06 bits per heavy atom. The molecule has 96 valence electrons. The minimum Gasteiger partial charge on any atom is -0.485 e. The zero-order valence-electron chi connectivity index (χ0n) is 8.85. The number of nitriles is 1. The van der Waals surface area contributed by atoms with E-state index in [1.54, 1.807) is 0 Å². The lowest BCUT2D eigenvalue weighted by atomic mass is 10.2. The molecule has 18 heavy (non-hydrogen) atoms. The molecule has 0 aliphatic carbocycles. The van der Waals surface area contributed by atoms with Gasteiger partial charge in [-0.05, 0) is 6.07 Å². The molecule has 1 aromatic rings. The maximum atomic E-state index is 12.2. The van der Waals surface area contributed by atoms with Crippen LogP contribution in [0.15, 0.2) is 24.3 Å². The fourth-order valence-corrected chi connectivity index (χ4v) is 1.11. The van der Waals surface area contributed by atoms with Crippen molar-refractivity contribution in [2.45, 2.75) is 6.18 Å². The first kappa shape index (κ1) is 13.8. The maximum Gasteiger partial charge on any atom is 0.407 e. The first-order valence-electron chi connectivity index (χ1n) is 4.69. The van der Waals surface area contributed by atoms with Crippen molar-refractivity contribution in [3.8, 4) is 11.8 Å². The van der Waals surface area contributed by atoms with Crippen molar-refractivity contribution in [2.24, 2.45) is 5.92 Å². The van der Waals surface area contributed by atoms with Crippen LogP contribution in [-0.2, 0) is 0 Å². The summed E-state index contributed by atoms with van der Waals surface area (Å²) in [7, 11) is 0. The third-order valence-corrected chi connectivity index (χ3v) is 2.02. The van der Waals surface area contributed by atoms with Crippen LogP contribution in [-0.4, -0.2) is 17.7 Å². The zero-order chi connectivity index (χ0) is 13.8. The number of para-hydroxylation sites is 2. The number of nitro benzene ring substituents is 1. The van der Waals surface area contributed by atoms with E-state index in [-0.39, 0.29) is 5.75 Å². The van der Waals surface area contributed by atoms with Crippen molar-refractivity contribution in [3.63, 3.8) is 0 Å². The number of nitrogens with zero attached hydrogens (tertiary/aromatic N) is 2. The number of halogens is 3. The van der Waals surface area contributed by atoms with E-state index in [2.05, 4.69) is 0 Å². The van der Waals surface area contributed by atoms with Crippen LogP contribution in [0.1, 0.15) is 0 Å². The van der Waals surface area contributed by atoms with Gasteiger partial charge < -0.3 is 4.74 Å². The normalized spacial score (nSPS) is 12.6. The first-order chi connectivity index (χ1) is 8.36. The van der Waals surface area contributed by atoms with Crippen molar-refractivity contribution in [3.05, 3.63) is 34.4 Å². The highest BCUT2D eigenvalue weighted by atomic mass is 19.4. The molecular weight excluding hydrogens is 253 g/mol. The minimum absolute atomic E-state index is 0.299. The van der Waals surface area contributed by atoms with Gasteiger partial charge in [-0.2, -0.15) is 18.4 Å². The van der Waals surface area contributed by atoms with E-state index < -0.39 is 29.3 Å². The molecule has 0 heterocycles. The van der Waals surface area contributed by atoms with E-state index in [0.29, 0.717) is 0 Å². The molecule has 0 saturated carbocycles. The maximum absolute atomic E-state index is 12.2. The lowest BCUT2D eigenvalue weighted by Gasteiger charge is -2.13. The Kier molecular flexibility index (Phi) is 4.09. The van der Waals surface area contributed by atoms with E-state index in [9.17, 15) is 23.3 Å². The second kappa shape index (κ2) is 5.35. The van der Waals surface area contributed by atoms with Gasteiger partial charge in [-0.3, -0.25) is 10.1 Å². The highest BCUT2D eigenvalue weighted by Gasteiger charge is 2.40. The average Bonchev–Trinajstić information content (AvgIpc) is 2.28. The fraction of sp³-hybridized carbons (Fsp3) is 0.300. The van der Waals surface area contributed by atoms with E-state index >= 15 is 0 Å². The largest absolute Gasteiger partial charge is 0.485 e. The van der Waals surface area contributed by atoms with Gasteiger partial charge in [0.25, 0.3) is 0 Å². The van der Waals surface area contributed by atoms with Gasteiger partial charge in [0.2, 0.25) is 0 Å². The van der Waals surface area contributed by atoms with Crippen molar-refractivity contribution in [1.29, 1.82) is 5.26 Å². The Balaban J connectivity index is 2.81. The van der Waals surface area contributed by atoms with Gasteiger partial charge in [0.1, 0.15) is 6.61 Å². The van der Waals surface area contributed by atoms with Gasteiger partial charge >= 0.3 is 11.9 Å². The smallest absolute Gasteiger partial charge is 0.407 e. The van der Waals surface area contributed by atoms with Crippen LogP contribution in [0.5, 0.6) is 5.75 Å². The standard InChI is InChI=1S/C10H7F3N2O3/c11-10(12,13)7(5-14)6-18-9-4-2-1-3-8(9)15(16)17/h1-4,7H,6H2. The highest BCUT2D eigenvalue weighted by molar-refractivity contribution is 5.45. The second-order valence-electron chi connectivity index (χ2n) is 3.26. The van der Waals surface area contributed by atoms with Crippen molar-refractivity contribution in [1.82, 2.24) is 0 Å². The molecule has 0 amide bonds. The number of rotatable bonds is 4. The number of hydrogen-bond donors (Lipinski definition) is 0. The molecule has 0 fully saturated rings. The molecule has 0 bridgehead atoms. The van der Waals surface area contributed by atoms with Gasteiger partial charge in [0, 0.05) is 6.07 Å². The summed E-state index contributed by atoms with van der Waals surface area (Å²) >= 11 is 0. The lowest BCUT2D eigenvalue weighted by Crippen LogP contribution is -2.27. The second-order valence-corrected chi connectivity index (χ2v) is 3.26. The Morgan fingerprint density at radius 3 is 2.56 bits per heavy atom. The molecule has 0 radical (unpaired) electrons. The highest BCUT2D eigenvalue weighted by Crippen LogP contribution is 2.29. The summed E-state index contributed by atoms with van der Waals surface area (Å²) in [5.74, 6) is -2.62. The van der Waals surface area contributed by atoms with Crippen molar-refractivity contribution >= 4 is 5.69 Å². The molecule has 1 aromatic carbocycles. The molecule has 0 saturated heterocycles. The molecule has 1 atom stereocenters. The van der Waals surface area contributed by atoms with Crippen molar-refractivity contribution < 1.29 is 22.8 Å². The summed E-state index contributed by atoms with van der Waals surface area (Å²) in [4.78, 5) is 9.80. The van der Waals surface area contributed by atoms with Crippen LogP contribution in [0.2, 0.25) is 0 Å². The molecule has 5 nitrogen and oxygen atoms in total. The van der Waals surface area contributed by atoms with Gasteiger partial charge in [-0.25, -0.2) is 0 Å². The summed E-state index contributed by atoms with van der Waals surface area (Å²) in [6, 6.07) is 6.06. The lowest BCUT2D eigenvalue weighted by molar-refractivity contribution is -0.386. The molecule has 0 aliphatic heterocycles. The molecule has 0 spiro atoms. The van der Waals surface area contributed by atoms with E-state index in [0.717, 1.165) is 12.1 Å². The number of alkyl halides is 3. The molecule has 0 aromatic heterocycles. The molecule has 1 unspecified atom stereocenters. The van der Waals surface area contributed by atoms with E-state index in [1.807, 2.05) is 0 Å². The summed E-state index contributed by atoms with van der Waals surface area (Å²) in [5, 5.41) is 18.9. The number of hydrogen-bond acceptors (Lipinski definition) is 4. The van der Waals surface area contributed by atoms with E-state index in [4.69, 9.17) is 10.00 Å². The SMILES string of the molecule is N#CC(COc1ccccc1[N+](=O)[O-])C(F)(F)F. The van der Waals surface area contributed by atoms with Gasteiger partial charge in [0.15, 0.2) is 11.7 Å². The van der Waals surface area contributed by atoms with Crippen LogP contribution < -0.4 is 4.74 Å². The summed E-state index contributed by atoms with van der Waals surface area (Å²) in [6.07, 6.45) is -4.72. The van der Waals surface area contributed by atoms with Crippen LogP contribution >= 0.6 is 0 Å². The van der Waals surface area contributed by atoms with Crippen LogP contribution in [0.25, 0.3) is 0 Å². The Labute approximate surface area is 99.5 Å². The predicted molar refractivity (Wildman–Crippen MR) is 53.7 cm³/mol. The Bertz CT molecular complexity index is 482. The number of benzene rings is 1. The summed E-state index contributed by atoms with van der Waals surface area (Å²) in [5.41, 5.74) is -0.448. The third kappa shape index (κ3) is 3.35. The molecule has 8 heteroatoms. The molecule has 0 aliphatic rings. The fourth-order valence-electron chi connectivity index (χ4n) is 1.11. The quantitative estimate of drug-likeness (QED) is 0.616. The summed E-state index contributed by atoms with van der Waals surface area (Å²) < 4.78 is 41.4. The topological polar surface area (TPSA) is 76.2 Å². The van der Waals surface area contributed by atoms with Crippen molar-refractivity contribution in [2.75, 3.05) is 6.61 Å². The molecule has 1 rings (SSSR count). The minimum atomic E-state index is -4.72. The Hall–Kier alpha value is -2.30. The van der Waals surface area contributed by atoms with Crippen LogP contribution in [0.4, 0.5) is 18.9 Å². The van der Waals surface area contributed by atoms with Gasteiger partial charge in [-0.15, -0.1) is 0 Å².